The summed E-state index contributed by atoms with van der Waals surface area (Å²) in [6.45, 7) is 8.09. The van der Waals surface area contributed by atoms with Crippen molar-refractivity contribution in [1.82, 2.24) is 24.9 Å². The van der Waals surface area contributed by atoms with Crippen LogP contribution in [0.4, 0.5) is 0 Å². The van der Waals surface area contributed by atoms with Crippen LogP contribution in [-0.4, -0.2) is 63.8 Å². The van der Waals surface area contributed by atoms with Gasteiger partial charge in [-0.15, -0.1) is 0 Å². The van der Waals surface area contributed by atoms with Gasteiger partial charge in [0.05, 0.1) is 6.20 Å². The quantitative estimate of drug-likeness (QED) is 0.879. The highest BCUT2D eigenvalue weighted by atomic mass is 16.1. The van der Waals surface area contributed by atoms with Gasteiger partial charge in [-0.05, 0) is 45.3 Å². The van der Waals surface area contributed by atoms with Crippen molar-refractivity contribution in [2.45, 2.75) is 70.4 Å². The Morgan fingerprint density at radius 3 is 2.67 bits per heavy atom. The van der Waals surface area contributed by atoms with Gasteiger partial charge in [0.2, 0.25) is 5.91 Å². The Bertz CT molecular complexity index is 593. The molecule has 1 saturated heterocycles. The molecule has 0 aromatic carbocycles. The van der Waals surface area contributed by atoms with E-state index in [1.807, 2.05) is 17.9 Å². The number of amides is 1. The van der Waals surface area contributed by atoms with E-state index in [0.29, 0.717) is 6.42 Å². The second-order valence-electron chi connectivity index (χ2n) is 8.45. The van der Waals surface area contributed by atoms with Crippen LogP contribution in [0.1, 0.15) is 63.9 Å². The first-order valence-corrected chi connectivity index (χ1v) is 10.8. The second kappa shape index (κ2) is 9.69. The highest BCUT2D eigenvalue weighted by Gasteiger charge is 2.39. The lowest BCUT2D eigenvalue weighted by Gasteiger charge is -2.46. The Morgan fingerprint density at radius 2 is 1.96 bits per heavy atom. The number of nitrogens with zero attached hydrogens (tertiary/aromatic N) is 4. The molecule has 1 aromatic rings. The summed E-state index contributed by atoms with van der Waals surface area (Å²) >= 11 is 0. The predicted molar refractivity (Wildman–Crippen MR) is 108 cm³/mol. The number of carbonyl (C=O) groups excluding carboxylic acids is 1. The number of hydrogen-bond acceptors (Lipinski definition) is 4. The Morgan fingerprint density at radius 1 is 1.15 bits per heavy atom. The fourth-order valence-electron chi connectivity index (χ4n) is 4.95. The van der Waals surface area contributed by atoms with Crippen LogP contribution in [0.15, 0.2) is 12.4 Å². The van der Waals surface area contributed by atoms with E-state index in [9.17, 15) is 4.79 Å². The Kier molecular flexibility index (Phi) is 7.30. The molecule has 152 valence electrons. The van der Waals surface area contributed by atoms with E-state index in [0.717, 1.165) is 52.1 Å². The molecule has 1 aliphatic carbocycles. The Hall–Kier alpha value is -1.40. The third-order valence-corrected chi connectivity index (χ3v) is 6.26. The lowest BCUT2D eigenvalue weighted by atomic mass is 9.77. The average molecular weight is 376 g/mol. The van der Waals surface area contributed by atoms with E-state index in [1.165, 1.54) is 37.7 Å². The first kappa shape index (κ1) is 20.3. The maximum Gasteiger partial charge on any atom is 0.221 e. The van der Waals surface area contributed by atoms with E-state index >= 15 is 0 Å². The summed E-state index contributed by atoms with van der Waals surface area (Å²) in [6, 6.07) is 0. The van der Waals surface area contributed by atoms with Crippen LogP contribution in [0, 0.1) is 0 Å². The zero-order chi connectivity index (χ0) is 19.1. The largest absolute Gasteiger partial charge is 0.355 e. The molecule has 1 amide bonds. The van der Waals surface area contributed by atoms with Crippen molar-refractivity contribution in [1.29, 1.82) is 0 Å². The maximum atomic E-state index is 12.7. The molecule has 1 N–H and O–H groups in total. The van der Waals surface area contributed by atoms with Gasteiger partial charge >= 0.3 is 0 Å². The standard InChI is InChI=1S/C21H37N5O/c1-3-11-26-13-7-12-25(18-19-16-23-24(2)17-19)14-10-22-20(27)15-21(26)8-5-4-6-9-21/h16-17H,3-15,18H2,1-2H3,(H,22,27). The zero-order valence-electron chi connectivity index (χ0n) is 17.3. The Labute approximate surface area is 164 Å². The predicted octanol–water partition coefficient (Wildman–Crippen LogP) is 2.55. The van der Waals surface area contributed by atoms with Crippen LogP contribution in [0.5, 0.6) is 0 Å². The molecule has 3 rings (SSSR count). The van der Waals surface area contributed by atoms with Crippen LogP contribution < -0.4 is 5.32 Å². The van der Waals surface area contributed by atoms with E-state index in [-0.39, 0.29) is 11.4 Å². The second-order valence-corrected chi connectivity index (χ2v) is 8.45. The molecule has 0 atom stereocenters. The van der Waals surface area contributed by atoms with Crippen molar-refractivity contribution >= 4 is 5.91 Å². The van der Waals surface area contributed by atoms with Crippen molar-refractivity contribution in [3.05, 3.63) is 18.0 Å². The summed E-state index contributed by atoms with van der Waals surface area (Å²) in [5.74, 6) is 0.237. The lowest BCUT2D eigenvalue weighted by Crippen LogP contribution is -2.53. The number of hydrogen-bond donors (Lipinski definition) is 1. The van der Waals surface area contributed by atoms with Crippen LogP contribution in [0.3, 0.4) is 0 Å². The van der Waals surface area contributed by atoms with Crippen molar-refractivity contribution in [3.63, 3.8) is 0 Å². The highest BCUT2D eigenvalue weighted by Crippen LogP contribution is 2.37. The first-order valence-electron chi connectivity index (χ1n) is 10.8. The molecule has 2 aliphatic rings. The van der Waals surface area contributed by atoms with Crippen LogP contribution in [-0.2, 0) is 18.4 Å². The molecule has 2 fully saturated rings. The first-order chi connectivity index (χ1) is 13.1. The summed E-state index contributed by atoms with van der Waals surface area (Å²) < 4.78 is 1.86. The number of rotatable bonds is 4. The molecular formula is C21H37N5O. The molecule has 1 aliphatic heterocycles. The summed E-state index contributed by atoms with van der Waals surface area (Å²) in [5, 5.41) is 7.50. The van der Waals surface area contributed by atoms with E-state index in [1.54, 1.807) is 0 Å². The fourth-order valence-corrected chi connectivity index (χ4v) is 4.95. The van der Waals surface area contributed by atoms with Gasteiger partial charge in [-0.1, -0.05) is 26.2 Å². The SMILES string of the molecule is CCCN1CCCN(Cc2cnn(C)c2)CCNC(=O)CC12CCCCC2. The highest BCUT2D eigenvalue weighted by molar-refractivity contribution is 5.77. The minimum atomic E-state index is 0.0941. The molecule has 6 nitrogen and oxygen atoms in total. The normalized spacial score (nSPS) is 23.1. The van der Waals surface area contributed by atoms with Crippen molar-refractivity contribution in [3.8, 4) is 0 Å². The van der Waals surface area contributed by atoms with E-state index < -0.39 is 0 Å². The number of aromatic nitrogens is 2. The smallest absolute Gasteiger partial charge is 0.221 e. The zero-order valence-corrected chi connectivity index (χ0v) is 17.3. The molecule has 6 heteroatoms. The minimum Gasteiger partial charge on any atom is -0.355 e. The summed E-state index contributed by atoms with van der Waals surface area (Å²) in [5.41, 5.74) is 1.34. The van der Waals surface area contributed by atoms with Crippen molar-refractivity contribution in [2.75, 3.05) is 32.7 Å². The van der Waals surface area contributed by atoms with Gasteiger partial charge in [-0.2, -0.15) is 5.10 Å². The molecule has 0 unspecified atom stereocenters. The number of carbonyl (C=O) groups is 1. The molecule has 1 spiro atoms. The lowest BCUT2D eigenvalue weighted by molar-refractivity contribution is -0.125. The Balaban J connectivity index is 1.70. The molecule has 1 saturated carbocycles. The van der Waals surface area contributed by atoms with Gasteiger partial charge in [0, 0.05) is 50.4 Å². The average Bonchev–Trinajstić information content (AvgIpc) is 3.05. The maximum absolute atomic E-state index is 12.7. The van der Waals surface area contributed by atoms with Crippen molar-refractivity contribution in [2.24, 2.45) is 7.05 Å². The van der Waals surface area contributed by atoms with Crippen LogP contribution >= 0.6 is 0 Å². The summed E-state index contributed by atoms with van der Waals surface area (Å²) in [7, 11) is 1.96. The van der Waals surface area contributed by atoms with Gasteiger partial charge in [-0.3, -0.25) is 19.3 Å². The topological polar surface area (TPSA) is 53.4 Å². The minimum absolute atomic E-state index is 0.0941. The summed E-state index contributed by atoms with van der Waals surface area (Å²) in [6.07, 6.45) is 13.2. The van der Waals surface area contributed by atoms with E-state index in [2.05, 4.69) is 33.3 Å². The molecular weight excluding hydrogens is 338 g/mol. The van der Waals surface area contributed by atoms with E-state index in [4.69, 9.17) is 0 Å². The van der Waals surface area contributed by atoms with Gasteiger partial charge in [0.15, 0.2) is 0 Å². The molecule has 27 heavy (non-hydrogen) atoms. The van der Waals surface area contributed by atoms with Gasteiger partial charge in [-0.25, -0.2) is 0 Å². The van der Waals surface area contributed by atoms with Gasteiger partial charge in [0.25, 0.3) is 0 Å². The van der Waals surface area contributed by atoms with Gasteiger partial charge in [0.1, 0.15) is 0 Å². The van der Waals surface area contributed by atoms with Crippen molar-refractivity contribution < 1.29 is 4.79 Å². The third-order valence-electron chi connectivity index (χ3n) is 6.26. The third kappa shape index (κ3) is 5.55. The van der Waals surface area contributed by atoms with Gasteiger partial charge < -0.3 is 5.32 Å². The molecule has 1 aromatic heterocycles. The monoisotopic (exact) mass is 375 g/mol. The van der Waals surface area contributed by atoms with Crippen LogP contribution in [0.2, 0.25) is 0 Å². The molecule has 0 radical (unpaired) electrons. The fraction of sp³-hybridized carbons (Fsp3) is 0.810. The number of nitrogens with one attached hydrogen (secondary N) is 1. The van der Waals surface area contributed by atoms with Crippen LogP contribution in [0.25, 0.3) is 0 Å². The summed E-state index contributed by atoms with van der Waals surface area (Å²) in [4.78, 5) is 17.9. The number of aryl methyl sites for hydroxylation is 1. The molecule has 0 bridgehead atoms. The molecule has 2 heterocycles.